The van der Waals surface area contributed by atoms with Gasteiger partial charge in [-0.05, 0) is 175 Å². The van der Waals surface area contributed by atoms with Crippen molar-refractivity contribution in [1.29, 1.82) is 0 Å². The number of amidine groups is 1. The first-order valence-electron chi connectivity index (χ1n) is 25.4. The predicted octanol–water partition coefficient (Wildman–Crippen LogP) is 16.3. The van der Waals surface area contributed by atoms with Gasteiger partial charge in [-0.2, -0.15) is 0 Å². The van der Waals surface area contributed by atoms with Crippen molar-refractivity contribution in [2.75, 3.05) is 4.90 Å². The molecule has 13 rings (SSSR count). The summed E-state index contributed by atoms with van der Waals surface area (Å²) in [6.07, 6.45) is 3.92. The number of para-hydroxylation sites is 1. The van der Waals surface area contributed by atoms with E-state index in [0.29, 0.717) is 11.8 Å². The minimum Gasteiger partial charge on any atom is -0.316 e. The average Bonchev–Trinajstić information content (AvgIpc) is 4.00. The van der Waals surface area contributed by atoms with Crippen molar-refractivity contribution in [1.82, 2.24) is 14.1 Å². The summed E-state index contributed by atoms with van der Waals surface area (Å²) >= 11 is 0. The largest absolute Gasteiger partial charge is 0.316 e. The molecule has 10 aromatic rings. The zero-order chi connectivity index (χ0) is 48.2. The number of pyridine rings is 1. The Morgan fingerprint density at radius 3 is 2.20 bits per heavy atom. The van der Waals surface area contributed by atoms with Gasteiger partial charge in [-0.1, -0.05) is 126 Å². The number of aliphatic imine (C=N–C) groups is 1. The van der Waals surface area contributed by atoms with E-state index in [0.717, 1.165) is 52.1 Å². The topological polar surface area (TPSA) is 38.4 Å². The smallest absolute Gasteiger partial charge is 0.145 e. The monoisotopic (exact) mass is 911 g/mol. The molecular weight excluding hydrogens is 851 g/mol. The lowest BCUT2D eigenvalue weighted by Gasteiger charge is -2.51. The molecule has 5 nitrogen and oxygen atoms in total. The molecule has 0 saturated carbocycles. The van der Waals surface area contributed by atoms with Gasteiger partial charge in [0, 0.05) is 44.7 Å². The van der Waals surface area contributed by atoms with Crippen LogP contribution >= 0.6 is 0 Å². The Morgan fingerprint density at radius 1 is 0.629 bits per heavy atom. The predicted molar refractivity (Wildman–Crippen MR) is 294 cm³/mol. The summed E-state index contributed by atoms with van der Waals surface area (Å²) in [7, 11) is 0. The van der Waals surface area contributed by atoms with Crippen molar-refractivity contribution >= 4 is 55.3 Å². The zero-order valence-electron chi connectivity index (χ0n) is 42.2. The van der Waals surface area contributed by atoms with Gasteiger partial charge in [-0.3, -0.25) is 9.56 Å². The Balaban J connectivity index is 1.07. The molecule has 3 aliphatic rings. The lowest BCUT2D eigenvalue weighted by molar-refractivity contribution is 0.251. The highest BCUT2D eigenvalue weighted by Crippen LogP contribution is 2.63. The summed E-state index contributed by atoms with van der Waals surface area (Å²) in [6.45, 7) is 23.4. The molecule has 0 amide bonds. The van der Waals surface area contributed by atoms with Gasteiger partial charge in [0.05, 0.1) is 27.8 Å². The first kappa shape index (κ1) is 42.8. The Morgan fingerprint density at radius 2 is 1.40 bits per heavy atom. The normalized spacial score (nSPS) is 19.6. The molecule has 5 heteroatoms. The third-order valence-electron chi connectivity index (χ3n) is 16.8. The van der Waals surface area contributed by atoms with Gasteiger partial charge < -0.3 is 9.47 Å². The minimum absolute atomic E-state index is 0.145. The fourth-order valence-corrected chi connectivity index (χ4v) is 13.1. The van der Waals surface area contributed by atoms with Crippen LogP contribution in [-0.4, -0.2) is 25.5 Å². The van der Waals surface area contributed by atoms with E-state index in [1.165, 1.54) is 88.6 Å². The van der Waals surface area contributed by atoms with Gasteiger partial charge in [0.25, 0.3) is 0 Å². The molecule has 7 aromatic carbocycles. The lowest BCUT2D eigenvalue weighted by atomic mass is 9.68. The highest BCUT2D eigenvalue weighted by Gasteiger charge is 2.66. The SMILES string of the molecule is Cc1ccc2c(c1)c1ccc(-n3c4ccc(-c5ccccc5)cc4c4cccnc43)cc1n2-c1cc(C2=N[C@]3(C)c4cc(C)c(C)cc4C[C@@]34CC(C)c3cccc(C(C)C)c3N24)cc(C(C)(C)C)c1. The highest BCUT2D eigenvalue weighted by atomic mass is 15.4. The first-order valence-corrected chi connectivity index (χ1v) is 25.4. The summed E-state index contributed by atoms with van der Waals surface area (Å²) < 4.78 is 4.89. The van der Waals surface area contributed by atoms with Crippen LogP contribution in [0, 0.1) is 20.8 Å². The average molecular weight is 912 g/mol. The molecule has 0 saturated heterocycles. The van der Waals surface area contributed by atoms with Crippen LogP contribution in [0.1, 0.15) is 117 Å². The third kappa shape index (κ3) is 5.96. The number of rotatable bonds is 5. The van der Waals surface area contributed by atoms with Crippen molar-refractivity contribution < 1.29 is 0 Å². The zero-order valence-corrected chi connectivity index (χ0v) is 42.2. The standard InChI is InChI=1S/C65H61N5/c1-38(2)50-18-14-19-51-42(6)36-65-37-46-29-40(4)41(5)30-56(46)64(65,10)67-61(70(65)60(50)51)45-31-47(63(7,8)9)34-49(32-45)68-57-25-21-39(3)28-54(57)52-24-23-48(35-59(52)68)69-58-26-22-44(43-16-12-11-13-17-43)33-55(58)53-20-15-27-66-62(53)69/h11-35,38,42H,36-37H2,1-10H3/t42?,64-,65+/m1/s1. The van der Waals surface area contributed by atoms with E-state index in [1.54, 1.807) is 0 Å². The molecule has 1 unspecified atom stereocenters. The molecule has 5 heterocycles. The van der Waals surface area contributed by atoms with E-state index >= 15 is 0 Å². The maximum Gasteiger partial charge on any atom is 0.145 e. The summed E-state index contributed by atoms with van der Waals surface area (Å²) in [5.41, 5.74) is 21.7. The van der Waals surface area contributed by atoms with E-state index in [4.69, 9.17) is 9.98 Å². The fraction of sp³-hybridized carbons (Fsp3) is 0.262. The van der Waals surface area contributed by atoms with Crippen molar-refractivity contribution in [3.05, 3.63) is 202 Å². The van der Waals surface area contributed by atoms with Gasteiger partial charge >= 0.3 is 0 Å². The van der Waals surface area contributed by atoms with Crippen LogP contribution in [0.25, 0.3) is 66.2 Å². The fourth-order valence-electron chi connectivity index (χ4n) is 13.1. The Labute approximate surface area is 412 Å². The number of hydrogen-bond acceptors (Lipinski definition) is 3. The van der Waals surface area contributed by atoms with E-state index < -0.39 is 5.54 Å². The van der Waals surface area contributed by atoms with Crippen molar-refractivity contribution in [3.63, 3.8) is 0 Å². The molecule has 0 N–H and O–H groups in total. The van der Waals surface area contributed by atoms with Gasteiger partial charge in [0.1, 0.15) is 17.0 Å². The summed E-state index contributed by atoms with van der Waals surface area (Å²) in [4.78, 5) is 14.0. The number of benzene rings is 7. The molecule has 0 bridgehead atoms. The van der Waals surface area contributed by atoms with E-state index in [9.17, 15) is 0 Å². The number of anilines is 1. The molecule has 0 fully saturated rings. The lowest BCUT2D eigenvalue weighted by Crippen LogP contribution is -2.59. The van der Waals surface area contributed by atoms with Crippen molar-refractivity contribution in [3.8, 4) is 22.5 Å². The Kier molecular flexibility index (Phi) is 9.11. The Bertz CT molecular complexity index is 3860. The van der Waals surface area contributed by atoms with Crippen LogP contribution < -0.4 is 4.90 Å². The van der Waals surface area contributed by atoms with Gasteiger partial charge in [-0.25, -0.2) is 4.98 Å². The number of nitrogens with zero attached hydrogens (tertiary/aromatic N) is 5. The van der Waals surface area contributed by atoms with Gasteiger partial charge in [0.2, 0.25) is 0 Å². The van der Waals surface area contributed by atoms with E-state index in [-0.39, 0.29) is 11.0 Å². The maximum absolute atomic E-state index is 6.17. The molecule has 3 aromatic heterocycles. The molecule has 3 atom stereocenters. The second kappa shape index (κ2) is 14.9. The number of fused-ring (bicyclic) bond motifs is 10. The second-order valence-electron chi connectivity index (χ2n) is 22.6. The quantitative estimate of drug-likeness (QED) is 0.173. The van der Waals surface area contributed by atoms with Crippen LogP contribution in [0.15, 0.2) is 157 Å². The minimum atomic E-state index is -0.443. The van der Waals surface area contributed by atoms with Crippen LogP contribution in [0.5, 0.6) is 0 Å². The molecule has 0 radical (unpaired) electrons. The third-order valence-corrected chi connectivity index (χ3v) is 16.8. The Hall–Kier alpha value is -7.24. The molecule has 70 heavy (non-hydrogen) atoms. The summed E-state index contributed by atoms with van der Waals surface area (Å²) in [5.74, 6) is 1.82. The van der Waals surface area contributed by atoms with Crippen molar-refractivity contribution in [2.24, 2.45) is 4.99 Å². The summed E-state index contributed by atoms with van der Waals surface area (Å²) in [6, 6.07) is 55.2. The molecule has 1 aliphatic carbocycles. The molecule has 1 spiro atoms. The molecule has 346 valence electrons. The van der Waals surface area contributed by atoms with Crippen LogP contribution in [0.4, 0.5) is 5.69 Å². The van der Waals surface area contributed by atoms with Crippen LogP contribution in [0.2, 0.25) is 0 Å². The molecule has 2 aliphatic heterocycles. The van der Waals surface area contributed by atoms with E-state index in [1.807, 2.05) is 6.20 Å². The number of aryl methyl sites for hydroxylation is 3. The maximum atomic E-state index is 6.17. The van der Waals surface area contributed by atoms with Gasteiger partial charge in [-0.15, -0.1) is 0 Å². The van der Waals surface area contributed by atoms with Gasteiger partial charge in [0.15, 0.2) is 0 Å². The number of aromatic nitrogens is 3. The number of hydrogen-bond donors (Lipinski definition) is 0. The highest BCUT2D eigenvalue weighted by molar-refractivity contribution is 6.16. The second-order valence-corrected chi connectivity index (χ2v) is 22.6. The van der Waals surface area contributed by atoms with Crippen LogP contribution in [0.3, 0.4) is 0 Å². The van der Waals surface area contributed by atoms with E-state index in [2.05, 4.69) is 229 Å². The molecular formula is C65H61N5. The summed E-state index contributed by atoms with van der Waals surface area (Å²) in [5, 5.41) is 4.82. The van der Waals surface area contributed by atoms with Crippen molar-refractivity contribution in [2.45, 2.75) is 110 Å². The van der Waals surface area contributed by atoms with Crippen LogP contribution in [-0.2, 0) is 17.4 Å². The first-order chi connectivity index (χ1) is 33.6.